The van der Waals surface area contributed by atoms with Crippen LogP contribution >= 0.6 is 28.1 Å². The largest absolute Gasteiger partial charge is 0.324 e. The first kappa shape index (κ1) is 21.8. The quantitative estimate of drug-likeness (QED) is 0.605. The van der Waals surface area contributed by atoms with Gasteiger partial charge in [-0.05, 0) is 55.5 Å². The Hall–Kier alpha value is -2.85. The van der Waals surface area contributed by atoms with Crippen molar-refractivity contribution in [1.29, 1.82) is 0 Å². The average Bonchev–Trinajstić information content (AvgIpc) is 2.93. The monoisotopic (exact) mass is 492 g/mol. The summed E-state index contributed by atoms with van der Waals surface area (Å²) in [5.74, 6) is -2.06. The molecule has 0 aliphatic carbocycles. The van der Waals surface area contributed by atoms with Gasteiger partial charge in [0.2, 0.25) is 5.91 Å². The summed E-state index contributed by atoms with van der Waals surface area (Å²) >= 11 is 8.63. The van der Waals surface area contributed by atoms with Gasteiger partial charge in [-0.2, -0.15) is 0 Å². The third kappa shape index (κ3) is 4.65. The molecule has 1 heterocycles. The first-order chi connectivity index (χ1) is 14.3. The molecule has 3 rings (SSSR count). The van der Waals surface area contributed by atoms with Crippen molar-refractivity contribution in [3.8, 4) is 0 Å². The number of carbonyl (C=O) groups is 3. The highest BCUT2D eigenvalue weighted by Crippen LogP contribution is 2.21. The van der Waals surface area contributed by atoms with Crippen molar-refractivity contribution in [3.63, 3.8) is 0 Å². The van der Waals surface area contributed by atoms with Gasteiger partial charge in [-0.15, -0.1) is 0 Å². The Kier molecular flexibility index (Phi) is 6.78. The van der Waals surface area contributed by atoms with Gasteiger partial charge in [0.05, 0.1) is 12.1 Å². The van der Waals surface area contributed by atoms with Gasteiger partial charge in [-0.25, -0.2) is 9.40 Å². The molecule has 0 saturated carbocycles. The van der Waals surface area contributed by atoms with Gasteiger partial charge in [0.1, 0.15) is 11.9 Å². The average molecular weight is 493 g/mol. The van der Waals surface area contributed by atoms with Gasteiger partial charge in [-0.1, -0.05) is 28.1 Å². The van der Waals surface area contributed by atoms with E-state index in [1.54, 1.807) is 37.3 Å². The second-order valence-electron chi connectivity index (χ2n) is 6.43. The highest BCUT2D eigenvalue weighted by Gasteiger charge is 2.43. The predicted molar refractivity (Wildman–Crippen MR) is 117 cm³/mol. The zero-order chi connectivity index (χ0) is 21.8. The van der Waals surface area contributed by atoms with Crippen LogP contribution in [0.2, 0.25) is 0 Å². The maximum atomic E-state index is 13.8. The first-order valence-electron chi connectivity index (χ1n) is 9.07. The minimum Gasteiger partial charge on any atom is -0.324 e. The molecule has 2 aromatic carbocycles. The molecule has 1 atom stereocenters. The number of halogens is 2. The van der Waals surface area contributed by atoms with Crippen LogP contribution in [0.1, 0.15) is 23.7 Å². The lowest BCUT2D eigenvalue weighted by molar-refractivity contribution is -0.130. The van der Waals surface area contributed by atoms with Gasteiger partial charge in [0.15, 0.2) is 5.11 Å². The number of likely N-dealkylation sites (N-methyl/N-ethyl adjacent to an activating group) is 1. The van der Waals surface area contributed by atoms with Crippen LogP contribution in [0.4, 0.5) is 10.1 Å². The second kappa shape index (κ2) is 9.31. The van der Waals surface area contributed by atoms with Gasteiger partial charge >= 0.3 is 0 Å². The minimum atomic E-state index is -1.04. The summed E-state index contributed by atoms with van der Waals surface area (Å²) in [5, 5.41) is 3.75. The van der Waals surface area contributed by atoms with E-state index >= 15 is 0 Å². The van der Waals surface area contributed by atoms with Crippen LogP contribution in [0.3, 0.4) is 0 Å². The van der Waals surface area contributed by atoms with Crippen LogP contribution in [-0.2, 0) is 9.59 Å². The number of thiocarbonyl (C=S) groups is 1. The summed E-state index contributed by atoms with van der Waals surface area (Å²) in [6.07, 6.45) is -0.315. The molecule has 0 spiro atoms. The number of hydrazine groups is 1. The number of rotatable bonds is 6. The maximum absolute atomic E-state index is 13.8. The predicted octanol–water partition coefficient (Wildman–Crippen LogP) is 3.08. The number of anilines is 1. The van der Waals surface area contributed by atoms with E-state index in [1.165, 1.54) is 28.1 Å². The smallest absolute Gasteiger partial charge is 0.269 e. The van der Waals surface area contributed by atoms with Crippen LogP contribution in [0.25, 0.3) is 0 Å². The molecule has 2 N–H and O–H groups in total. The molecule has 1 aliphatic rings. The fraction of sp³-hybridized carbons (Fsp3) is 0.200. The second-order valence-corrected chi connectivity index (χ2v) is 7.71. The van der Waals surface area contributed by atoms with Crippen LogP contribution in [0, 0.1) is 5.82 Å². The van der Waals surface area contributed by atoms with Crippen LogP contribution in [0.5, 0.6) is 0 Å². The summed E-state index contributed by atoms with van der Waals surface area (Å²) in [6.45, 7) is 2.02. The van der Waals surface area contributed by atoms with E-state index < -0.39 is 29.6 Å². The first-order valence-corrected chi connectivity index (χ1v) is 10.3. The topological polar surface area (TPSA) is 81.8 Å². The zero-order valence-corrected chi connectivity index (χ0v) is 18.3. The lowest BCUT2D eigenvalue weighted by atomic mass is 10.1. The molecule has 1 aliphatic heterocycles. The number of nitrogens with one attached hydrogen (secondary N) is 2. The van der Waals surface area contributed by atoms with Crippen LogP contribution in [0.15, 0.2) is 53.0 Å². The molecule has 2 aromatic rings. The molecule has 1 fully saturated rings. The summed E-state index contributed by atoms with van der Waals surface area (Å²) in [6, 6.07) is 11.3. The number of para-hydroxylation sites is 1. The molecule has 1 saturated heterocycles. The highest BCUT2D eigenvalue weighted by molar-refractivity contribution is 9.10. The zero-order valence-electron chi connectivity index (χ0n) is 15.9. The maximum Gasteiger partial charge on any atom is 0.269 e. The van der Waals surface area contributed by atoms with E-state index in [0.29, 0.717) is 5.56 Å². The summed E-state index contributed by atoms with van der Waals surface area (Å²) in [5.41, 5.74) is 2.98. The lowest BCUT2D eigenvalue weighted by Gasteiger charge is -2.24. The van der Waals surface area contributed by atoms with Gasteiger partial charge in [-0.3, -0.25) is 24.7 Å². The van der Waals surface area contributed by atoms with E-state index in [4.69, 9.17) is 12.2 Å². The molecule has 10 heteroatoms. The fourth-order valence-electron chi connectivity index (χ4n) is 2.96. The summed E-state index contributed by atoms with van der Waals surface area (Å²) in [4.78, 5) is 39.2. The third-order valence-electron chi connectivity index (χ3n) is 4.47. The molecule has 3 amide bonds. The Morgan fingerprint density at radius 2 is 1.83 bits per heavy atom. The molecule has 0 unspecified atom stereocenters. The van der Waals surface area contributed by atoms with Crippen molar-refractivity contribution in [2.75, 3.05) is 11.9 Å². The number of carbonyl (C=O) groups excluding carboxylic acids is 3. The Bertz CT molecular complexity index is 1000. The number of hydrogen-bond donors (Lipinski definition) is 2. The molecule has 0 aromatic heterocycles. The third-order valence-corrected chi connectivity index (χ3v) is 5.42. The van der Waals surface area contributed by atoms with Gasteiger partial charge in [0, 0.05) is 16.6 Å². The van der Waals surface area contributed by atoms with Crippen molar-refractivity contribution in [2.45, 2.75) is 19.4 Å². The molecule has 7 nitrogen and oxygen atoms in total. The normalized spacial score (nSPS) is 16.0. The Morgan fingerprint density at radius 1 is 1.17 bits per heavy atom. The highest BCUT2D eigenvalue weighted by atomic mass is 79.9. The number of benzene rings is 2. The van der Waals surface area contributed by atoms with E-state index in [1.807, 2.05) is 0 Å². The van der Waals surface area contributed by atoms with E-state index in [9.17, 15) is 18.8 Å². The van der Waals surface area contributed by atoms with Crippen LogP contribution in [-0.4, -0.2) is 45.3 Å². The van der Waals surface area contributed by atoms with Gasteiger partial charge < -0.3 is 5.32 Å². The van der Waals surface area contributed by atoms with Crippen molar-refractivity contribution in [2.24, 2.45) is 0 Å². The van der Waals surface area contributed by atoms with E-state index in [0.717, 1.165) is 4.47 Å². The SMILES string of the molecule is CCN1C(=O)[C@@H](CC(=O)Nc2ccccc2F)N(NC(=O)c2ccc(Br)cc2)C1=S. The Balaban J connectivity index is 1.77. The summed E-state index contributed by atoms with van der Waals surface area (Å²) in [7, 11) is 0. The molecular formula is C20H18BrFN4O3S. The van der Waals surface area contributed by atoms with Crippen molar-refractivity contribution < 1.29 is 18.8 Å². The molecule has 156 valence electrons. The molecular weight excluding hydrogens is 475 g/mol. The van der Waals surface area contributed by atoms with E-state index in [-0.39, 0.29) is 23.8 Å². The summed E-state index contributed by atoms with van der Waals surface area (Å²) < 4.78 is 14.6. The van der Waals surface area contributed by atoms with Gasteiger partial charge in [0.25, 0.3) is 11.8 Å². The van der Waals surface area contributed by atoms with Crippen molar-refractivity contribution >= 4 is 56.7 Å². The molecule has 0 radical (unpaired) electrons. The lowest BCUT2D eigenvalue weighted by Crippen LogP contribution is -2.49. The van der Waals surface area contributed by atoms with E-state index in [2.05, 4.69) is 26.7 Å². The number of nitrogens with zero attached hydrogens (tertiary/aromatic N) is 2. The standard InChI is InChI=1S/C20H18BrFN4O3S/c1-2-25-19(29)16(11-17(27)23-15-6-4-3-5-14(15)22)26(20(25)30)24-18(28)12-7-9-13(21)10-8-12/h3-10,16H,2,11H2,1H3,(H,23,27)(H,24,28)/t16-/m1/s1. The minimum absolute atomic E-state index is 0.00770. The van der Waals surface area contributed by atoms with Crippen molar-refractivity contribution in [1.82, 2.24) is 15.3 Å². The fourth-order valence-corrected chi connectivity index (χ4v) is 3.61. The molecule has 0 bridgehead atoms. The Labute approximate surface area is 186 Å². The Morgan fingerprint density at radius 3 is 2.47 bits per heavy atom. The molecule has 30 heavy (non-hydrogen) atoms. The van der Waals surface area contributed by atoms with Crippen molar-refractivity contribution in [3.05, 3.63) is 64.4 Å². The van der Waals surface area contributed by atoms with Crippen LogP contribution < -0.4 is 10.7 Å². The number of hydrogen-bond acceptors (Lipinski definition) is 4. The number of amides is 3.